The van der Waals surface area contributed by atoms with Gasteiger partial charge in [-0.05, 0) is 49.2 Å². The summed E-state index contributed by atoms with van der Waals surface area (Å²) >= 11 is 0. The molecule has 3 amide bonds. The molecule has 1 saturated heterocycles. The van der Waals surface area contributed by atoms with Crippen molar-refractivity contribution in [2.24, 2.45) is 5.92 Å². The molecular formula is C19H20FN3O2. The van der Waals surface area contributed by atoms with Crippen molar-refractivity contribution < 1.29 is 14.0 Å². The first-order valence-corrected chi connectivity index (χ1v) is 8.29. The second-order valence-electron chi connectivity index (χ2n) is 6.05. The molecule has 2 aromatic rings. The van der Waals surface area contributed by atoms with Crippen LogP contribution in [-0.4, -0.2) is 29.9 Å². The lowest BCUT2D eigenvalue weighted by Gasteiger charge is -2.31. The summed E-state index contributed by atoms with van der Waals surface area (Å²) < 4.78 is 12.9. The molecule has 1 fully saturated rings. The molecule has 130 valence electrons. The molecule has 0 unspecified atom stereocenters. The number of carbonyl (C=O) groups is 2. The van der Waals surface area contributed by atoms with Crippen molar-refractivity contribution >= 4 is 23.3 Å². The summed E-state index contributed by atoms with van der Waals surface area (Å²) in [5, 5.41) is 5.65. The summed E-state index contributed by atoms with van der Waals surface area (Å²) in [4.78, 5) is 26.3. The van der Waals surface area contributed by atoms with Gasteiger partial charge < -0.3 is 15.5 Å². The Balaban J connectivity index is 1.48. The maximum absolute atomic E-state index is 12.9. The molecule has 0 radical (unpaired) electrons. The van der Waals surface area contributed by atoms with Gasteiger partial charge in [0, 0.05) is 30.4 Å². The molecule has 2 N–H and O–H groups in total. The van der Waals surface area contributed by atoms with Crippen LogP contribution in [0.5, 0.6) is 0 Å². The maximum Gasteiger partial charge on any atom is 0.321 e. The van der Waals surface area contributed by atoms with Crippen LogP contribution in [-0.2, 0) is 4.79 Å². The Labute approximate surface area is 145 Å². The highest BCUT2D eigenvalue weighted by Crippen LogP contribution is 2.20. The molecule has 2 aromatic carbocycles. The van der Waals surface area contributed by atoms with Crippen molar-refractivity contribution in [3.05, 3.63) is 60.4 Å². The molecule has 0 spiro atoms. The minimum absolute atomic E-state index is 0.0882. The number of amides is 3. The first-order valence-electron chi connectivity index (χ1n) is 8.29. The number of benzene rings is 2. The molecule has 6 heteroatoms. The highest BCUT2D eigenvalue weighted by atomic mass is 19.1. The molecule has 1 aliphatic rings. The third kappa shape index (κ3) is 4.56. The number of para-hydroxylation sites is 1. The van der Waals surface area contributed by atoms with Crippen LogP contribution in [0.1, 0.15) is 12.8 Å². The van der Waals surface area contributed by atoms with Crippen LogP contribution in [0, 0.1) is 11.7 Å². The maximum atomic E-state index is 12.9. The number of halogens is 1. The van der Waals surface area contributed by atoms with Gasteiger partial charge in [0.15, 0.2) is 0 Å². The number of likely N-dealkylation sites (tertiary alicyclic amines) is 1. The second-order valence-corrected chi connectivity index (χ2v) is 6.05. The summed E-state index contributed by atoms with van der Waals surface area (Å²) in [7, 11) is 0. The van der Waals surface area contributed by atoms with E-state index in [0.29, 0.717) is 31.6 Å². The molecule has 0 saturated carbocycles. The fourth-order valence-electron chi connectivity index (χ4n) is 2.85. The normalized spacial score (nSPS) is 14.8. The Morgan fingerprint density at radius 2 is 1.48 bits per heavy atom. The highest BCUT2D eigenvalue weighted by molar-refractivity contribution is 5.93. The number of rotatable bonds is 3. The van der Waals surface area contributed by atoms with Gasteiger partial charge in [-0.3, -0.25) is 4.79 Å². The number of nitrogens with one attached hydrogen (secondary N) is 2. The van der Waals surface area contributed by atoms with E-state index in [-0.39, 0.29) is 23.7 Å². The van der Waals surface area contributed by atoms with Gasteiger partial charge >= 0.3 is 6.03 Å². The first-order chi connectivity index (χ1) is 12.1. The zero-order chi connectivity index (χ0) is 17.6. The molecular weight excluding hydrogens is 321 g/mol. The predicted molar refractivity (Wildman–Crippen MR) is 94.8 cm³/mol. The SMILES string of the molecule is O=C(Nc1ccc(F)cc1)C1CCN(C(=O)Nc2ccccc2)CC1. The lowest BCUT2D eigenvalue weighted by molar-refractivity contribution is -0.121. The van der Waals surface area contributed by atoms with Gasteiger partial charge in [-0.15, -0.1) is 0 Å². The van der Waals surface area contributed by atoms with Crippen LogP contribution < -0.4 is 10.6 Å². The van der Waals surface area contributed by atoms with E-state index in [0.717, 1.165) is 5.69 Å². The van der Waals surface area contributed by atoms with E-state index in [4.69, 9.17) is 0 Å². The summed E-state index contributed by atoms with van der Waals surface area (Å²) in [6.45, 7) is 1.06. The van der Waals surface area contributed by atoms with Gasteiger partial charge in [0.1, 0.15) is 5.82 Å². The van der Waals surface area contributed by atoms with E-state index in [1.54, 1.807) is 4.90 Å². The van der Waals surface area contributed by atoms with Crippen molar-refractivity contribution in [1.29, 1.82) is 0 Å². The van der Waals surface area contributed by atoms with Crippen LogP contribution in [0.4, 0.5) is 20.6 Å². The number of carbonyl (C=O) groups excluding carboxylic acids is 2. The Kier molecular flexibility index (Phi) is 5.28. The Morgan fingerprint density at radius 3 is 2.12 bits per heavy atom. The van der Waals surface area contributed by atoms with E-state index >= 15 is 0 Å². The van der Waals surface area contributed by atoms with E-state index in [2.05, 4.69) is 10.6 Å². The molecule has 0 aliphatic carbocycles. The molecule has 3 rings (SSSR count). The topological polar surface area (TPSA) is 61.4 Å². The van der Waals surface area contributed by atoms with Crippen LogP contribution >= 0.6 is 0 Å². The Bertz CT molecular complexity index is 726. The minimum atomic E-state index is -0.337. The fourth-order valence-corrected chi connectivity index (χ4v) is 2.85. The van der Waals surface area contributed by atoms with Crippen LogP contribution in [0.15, 0.2) is 54.6 Å². The van der Waals surface area contributed by atoms with Gasteiger partial charge in [-0.1, -0.05) is 18.2 Å². The van der Waals surface area contributed by atoms with E-state index < -0.39 is 0 Å². The Morgan fingerprint density at radius 1 is 0.880 bits per heavy atom. The predicted octanol–water partition coefficient (Wildman–Crippen LogP) is 3.71. The smallest absolute Gasteiger partial charge is 0.321 e. The van der Waals surface area contributed by atoms with Crippen molar-refractivity contribution in [1.82, 2.24) is 4.90 Å². The van der Waals surface area contributed by atoms with E-state index in [1.165, 1.54) is 24.3 Å². The average molecular weight is 341 g/mol. The highest BCUT2D eigenvalue weighted by Gasteiger charge is 2.27. The van der Waals surface area contributed by atoms with Gasteiger partial charge in [0.25, 0.3) is 0 Å². The first kappa shape index (κ1) is 17.0. The van der Waals surface area contributed by atoms with Gasteiger partial charge in [-0.2, -0.15) is 0 Å². The summed E-state index contributed by atoms with van der Waals surface area (Å²) in [6.07, 6.45) is 1.21. The van der Waals surface area contributed by atoms with Crippen molar-refractivity contribution in [2.45, 2.75) is 12.8 Å². The van der Waals surface area contributed by atoms with Crippen molar-refractivity contribution in [2.75, 3.05) is 23.7 Å². The minimum Gasteiger partial charge on any atom is -0.326 e. The lowest BCUT2D eigenvalue weighted by Crippen LogP contribution is -2.43. The molecule has 0 atom stereocenters. The van der Waals surface area contributed by atoms with E-state index in [9.17, 15) is 14.0 Å². The van der Waals surface area contributed by atoms with Crippen LogP contribution in [0.2, 0.25) is 0 Å². The molecule has 1 aliphatic heterocycles. The van der Waals surface area contributed by atoms with Crippen molar-refractivity contribution in [3.8, 4) is 0 Å². The third-order valence-corrected chi connectivity index (χ3v) is 4.29. The Hall–Kier alpha value is -2.89. The quantitative estimate of drug-likeness (QED) is 0.894. The lowest BCUT2D eigenvalue weighted by atomic mass is 9.96. The monoisotopic (exact) mass is 341 g/mol. The van der Waals surface area contributed by atoms with Gasteiger partial charge in [0.05, 0.1) is 0 Å². The zero-order valence-electron chi connectivity index (χ0n) is 13.7. The van der Waals surface area contributed by atoms with Crippen LogP contribution in [0.25, 0.3) is 0 Å². The van der Waals surface area contributed by atoms with Crippen LogP contribution in [0.3, 0.4) is 0 Å². The summed E-state index contributed by atoms with van der Waals surface area (Å²) in [5.41, 5.74) is 1.33. The van der Waals surface area contributed by atoms with Gasteiger partial charge in [-0.25, -0.2) is 9.18 Å². The average Bonchev–Trinajstić information content (AvgIpc) is 2.64. The summed E-state index contributed by atoms with van der Waals surface area (Å²) in [6, 6.07) is 14.8. The molecule has 1 heterocycles. The molecule has 0 bridgehead atoms. The number of piperidine rings is 1. The standard InChI is InChI=1S/C19H20FN3O2/c20-15-6-8-17(9-7-15)21-18(24)14-10-12-23(13-11-14)19(25)22-16-4-2-1-3-5-16/h1-9,14H,10-13H2,(H,21,24)(H,22,25). The number of nitrogens with zero attached hydrogens (tertiary/aromatic N) is 1. The number of hydrogen-bond donors (Lipinski definition) is 2. The van der Waals surface area contributed by atoms with Crippen molar-refractivity contribution in [3.63, 3.8) is 0 Å². The number of anilines is 2. The van der Waals surface area contributed by atoms with E-state index in [1.807, 2.05) is 30.3 Å². The second kappa shape index (κ2) is 7.79. The third-order valence-electron chi connectivity index (χ3n) is 4.29. The summed E-state index contributed by atoms with van der Waals surface area (Å²) in [5.74, 6) is -0.573. The van der Waals surface area contributed by atoms with Gasteiger partial charge in [0.2, 0.25) is 5.91 Å². The molecule has 25 heavy (non-hydrogen) atoms. The molecule has 0 aromatic heterocycles. The largest absolute Gasteiger partial charge is 0.326 e. The fraction of sp³-hybridized carbons (Fsp3) is 0.263. The number of urea groups is 1. The number of hydrogen-bond acceptors (Lipinski definition) is 2. The molecule has 5 nitrogen and oxygen atoms in total. The zero-order valence-corrected chi connectivity index (χ0v) is 13.7.